The van der Waals surface area contributed by atoms with Gasteiger partial charge in [-0.3, -0.25) is 0 Å². The molecule has 2 rings (SSSR count). The van der Waals surface area contributed by atoms with Gasteiger partial charge in [0.2, 0.25) is 6.10 Å². The monoisotopic (exact) mass is 266 g/mol. The number of hydrogen-bond donors (Lipinski definition) is 0. The first-order valence-corrected chi connectivity index (χ1v) is 5.74. The molecule has 1 atom stereocenters. The molecule has 0 N–H and O–H groups in total. The van der Waals surface area contributed by atoms with Gasteiger partial charge in [0.1, 0.15) is 11.5 Å². The van der Waals surface area contributed by atoms with E-state index in [4.69, 9.17) is 18.9 Å². The summed E-state index contributed by atoms with van der Waals surface area (Å²) < 4.78 is 19.9. The number of methoxy groups -OCH3 is 2. The summed E-state index contributed by atoms with van der Waals surface area (Å²) in [6, 6.07) is 4.68. The quantitative estimate of drug-likeness (QED) is 0.762. The molecule has 1 fully saturated rings. The fourth-order valence-corrected chi connectivity index (χ4v) is 1.71. The minimum absolute atomic E-state index is 0.260. The van der Waals surface area contributed by atoms with Crippen LogP contribution in [0.4, 0.5) is 0 Å². The summed E-state index contributed by atoms with van der Waals surface area (Å²) in [4.78, 5) is 23.2. The second kappa shape index (κ2) is 5.60. The van der Waals surface area contributed by atoms with E-state index in [1.165, 1.54) is 26.4 Å². The number of rotatable bonds is 4. The van der Waals surface area contributed by atoms with Crippen molar-refractivity contribution in [3.8, 4) is 11.5 Å². The molecular weight excluding hydrogens is 252 g/mol. The standard InChI is InChI=1S/C13H14O6/c1-16-9-5-8(6-10(7-9)17-2)12(14)19-11-3-4-18-13(11)15/h5-7,11H,3-4H2,1-2H3. The van der Waals surface area contributed by atoms with Gasteiger partial charge >= 0.3 is 11.9 Å². The van der Waals surface area contributed by atoms with Gasteiger partial charge in [0.15, 0.2) is 0 Å². The van der Waals surface area contributed by atoms with Crippen molar-refractivity contribution in [3.63, 3.8) is 0 Å². The highest BCUT2D eigenvalue weighted by Crippen LogP contribution is 2.24. The zero-order valence-corrected chi connectivity index (χ0v) is 10.7. The molecule has 1 aromatic carbocycles. The fraction of sp³-hybridized carbons (Fsp3) is 0.385. The van der Waals surface area contributed by atoms with Gasteiger partial charge in [-0.15, -0.1) is 0 Å². The van der Waals surface area contributed by atoms with Gasteiger partial charge in [-0.1, -0.05) is 0 Å². The summed E-state index contributed by atoms with van der Waals surface area (Å²) in [5.41, 5.74) is 0.260. The zero-order chi connectivity index (χ0) is 13.8. The average molecular weight is 266 g/mol. The molecule has 1 heterocycles. The Labute approximate surface area is 110 Å². The predicted octanol–water partition coefficient (Wildman–Crippen LogP) is 1.18. The highest BCUT2D eigenvalue weighted by Gasteiger charge is 2.30. The third-order valence-electron chi connectivity index (χ3n) is 2.72. The van der Waals surface area contributed by atoms with E-state index in [9.17, 15) is 9.59 Å². The minimum atomic E-state index is -0.829. The van der Waals surface area contributed by atoms with Gasteiger partial charge < -0.3 is 18.9 Å². The Morgan fingerprint density at radius 2 is 1.84 bits per heavy atom. The number of carbonyl (C=O) groups is 2. The molecule has 102 valence electrons. The van der Waals surface area contributed by atoms with E-state index in [1.54, 1.807) is 6.07 Å². The van der Waals surface area contributed by atoms with E-state index in [0.29, 0.717) is 17.9 Å². The summed E-state index contributed by atoms with van der Waals surface area (Å²) in [6.07, 6.45) is -0.448. The summed E-state index contributed by atoms with van der Waals surface area (Å²) in [5, 5.41) is 0. The molecule has 0 saturated carbocycles. The van der Waals surface area contributed by atoms with Gasteiger partial charge in [-0.25, -0.2) is 9.59 Å². The van der Waals surface area contributed by atoms with Crippen molar-refractivity contribution in [3.05, 3.63) is 23.8 Å². The van der Waals surface area contributed by atoms with E-state index in [0.717, 1.165) is 0 Å². The van der Waals surface area contributed by atoms with E-state index in [2.05, 4.69) is 0 Å². The normalized spacial score (nSPS) is 17.8. The maximum absolute atomic E-state index is 11.9. The van der Waals surface area contributed by atoms with Crippen molar-refractivity contribution < 1.29 is 28.5 Å². The first-order chi connectivity index (χ1) is 9.13. The molecule has 0 radical (unpaired) electrons. The van der Waals surface area contributed by atoms with Crippen LogP contribution in [0.5, 0.6) is 11.5 Å². The lowest BCUT2D eigenvalue weighted by molar-refractivity contribution is -0.145. The second-order valence-corrected chi connectivity index (χ2v) is 3.95. The highest BCUT2D eigenvalue weighted by molar-refractivity contribution is 5.92. The SMILES string of the molecule is COc1cc(OC)cc(C(=O)OC2CCOC2=O)c1. The molecule has 0 amide bonds. The molecule has 1 unspecified atom stereocenters. The molecule has 1 aromatic rings. The lowest BCUT2D eigenvalue weighted by Crippen LogP contribution is -2.22. The van der Waals surface area contributed by atoms with Crippen molar-refractivity contribution in [2.45, 2.75) is 12.5 Å². The van der Waals surface area contributed by atoms with Crippen molar-refractivity contribution in [1.29, 1.82) is 0 Å². The topological polar surface area (TPSA) is 71.1 Å². The maximum Gasteiger partial charge on any atom is 0.347 e. The zero-order valence-electron chi connectivity index (χ0n) is 10.7. The van der Waals surface area contributed by atoms with Gasteiger partial charge in [0.05, 0.1) is 26.4 Å². The van der Waals surface area contributed by atoms with Crippen LogP contribution < -0.4 is 9.47 Å². The number of benzene rings is 1. The molecule has 0 bridgehead atoms. The smallest absolute Gasteiger partial charge is 0.347 e. The van der Waals surface area contributed by atoms with Crippen LogP contribution in [0.15, 0.2) is 18.2 Å². The number of carbonyl (C=O) groups excluding carboxylic acids is 2. The van der Waals surface area contributed by atoms with Crippen LogP contribution in [0.25, 0.3) is 0 Å². The molecule has 1 aliphatic rings. The van der Waals surface area contributed by atoms with E-state index in [1.807, 2.05) is 0 Å². The van der Waals surface area contributed by atoms with E-state index >= 15 is 0 Å². The Morgan fingerprint density at radius 3 is 2.32 bits per heavy atom. The molecular formula is C13H14O6. The van der Waals surface area contributed by atoms with Crippen LogP contribution in [-0.2, 0) is 14.3 Å². The maximum atomic E-state index is 11.9. The Hall–Kier alpha value is -2.24. The number of hydrogen-bond acceptors (Lipinski definition) is 6. The van der Waals surface area contributed by atoms with Crippen LogP contribution in [-0.4, -0.2) is 38.9 Å². The van der Waals surface area contributed by atoms with Crippen molar-refractivity contribution >= 4 is 11.9 Å². The summed E-state index contributed by atoms with van der Waals surface area (Å²) in [7, 11) is 2.97. The third kappa shape index (κ3) is 2.96. The first kappa shape index (κ1) is 13.2. The summed E-state index contributed by atoms with van der Waals surface area (Å²) >= 11 is 0. The van der Waals surface area contributed by atoms with Crippen molar-refractivity contribution in [1.82, 2.24) is 0 Å². The molecule has 6 heteroatoms. The lowest BCUT2D eigenvalue weighted by atomic mass is 10.2. The molecule has 1 saturated heterocycles. The Kier molecular flexibility index (Phi) is 3.89. The number of ether oxygens (including phenoxy) is 4. The Morgan fingerprint density at radius 1 is 1.21 bits per heavy atom. The third-order valence-corrected chi connectivity index (χ3v) is 2.72. The van der Waals surface area contributed by atoms with Gasteiger partial charge in [-0.2, -0.15) is 0 Å². The van der Waals surface area contributed by atoms with E-state index in [-0.39, 0.29) is 12.2 Å². The van der Waals surface area contributed by atoms with Crippen LogP contribution in [0.2, 0.25) is 0 Å². The number of esters is 2. The van der Waals surface area contributed by atoms with Crippen molar-refractivity contribution in [2.75, 3.05) is 20.8 Å². The second-order valence-electron chi connectivity index (χ2n) is 3.95. The fourth-order valence-electron chi connectivity index (χ4n) is 1.71. The van der Waals surface area contributed by atoms with Crippen LogP contribution in [0.3, 0.4) is 0 Å². The molecule has 0 spiro atoms. The Bertz CT molecular complexity index is 474. The number of cyclic esters (lactones) is 1. The highest BCUT2D eigenvalue weighted by atomic mass is 16.6. The van der Waals surface area contributed by atoms with Crippen molar-refractivity contribution in [2.24, 2.45) is 0 Å². The van der Waals surface area contributed by atoms with Crippen LogP contribution in [0.1, 0.15) is 16.8 Å². The van der Waals surface area contributed by atoms with Gasteiger partial charge in [0, 0.05) is 12.5 Å². The molecule has 1 aliphatic heterocycles. The molecule has 0 aromatic heterocycles. The molecule has 6 nitrogen and oxygen atoms in total. The largest absolute Gasteiger partial charge is 0.497 e. The average Bonchev–Trinajstić information content (AvgIpc) is 2.83. The first-order valence-electron chi connectivity index (χ1n) is 5.74. The van der Waals surface area contributed by atoms with Gasteiger partial charge in [0.25, 0.3) is 0 Å². The lowest BCUT2D eigenvalue weighted by Gasteiger charge is -2.10. The Balaban J connectivity index is 2.16. The van der Waals surface area contributed by atoms with Crippen LogP contribution >= 0.6 is 0 Å². The minimum Gasteiger partial charge on any atom is -0.497 e. The van der Waals surface area contributed by atoms with Gasteiger partial charge in [-0.05, 0) is 12.1 Å². The summed E-state index contributed by atoms with van der Waals surface area (Å²) in [6.45, 7) is 0.276. The predicted molar refractivity (Wildman–Crippen MR) is 64.3 cm³/mol. The van der Waals surface area contributed by atoms with E-state index < -0.39 is 18.0 Å². The molecule has 0 aliphatic carbocycles. The summed E-state index contributed by atoms with van der Waals surface area (Å²) in [5.74, 6) is -0.176. The molecule has 19 heavy (non-hydrogen) atoms. The van der Waals surface area contributed by atoms with Crippen LogP contribution in [0, 0.1) is 0 Å².